The molecule has 30 heavy (non-hydrogen) atoms. The zero-order valence-corrected chi connectivity index (χ0v) is 18.2. The first-order chi connectivity index (χ1) is 14.5. The number of benzene rings is 2. The molecule has 1 amide bonds. The van der Waals surface area contributed by atoms with Gasteiger partial charge in [0, 0.05) is 6.54 Å². The van der Waals surface area contributed by atoms with E-state index in [2.05, 4.69) is 4.90 Å². The summed E-state index contributed by atoms with van der Waals surface area (Å²) < 4.78 is 17.1. The number of anilines is 1. The number of ether oxygens (including phenoxy) is 3. The van der Waals surface area contributed by atoms with Crippen molar-refractivity contribution in [3.05, 3.63) is 42.0 Å². The topological polar surface area (TPSA) is 64.1 Å². The minimum atomic E-state index is 0.0126. The number of thiazole rings is 1. The van der Waals surface area contributed by atoms with Crippen LogP contribution in [0.2, 0.25) is 0 Å². The molecule has 0 aliphatic carbocycles. The molecule has 0 atom stereocenters. The summed E-state index contributed by atoms with van der Waals surface area (Å²) in [7, 11) is 5.71. The third-order valence-electron chi connectivity index (χ3n) is 4.90. The van der Waals surface area contributed by atoms with Crippen LogP contribution in [-0.4, -0.2) is 56.9 Å². The van der Waals surface area contributed by atoms with Crippen molar-refractivity contribution >= 4 is 32.6 Å². The number of fused-ring (bicyclic) bond motifs is 2. The summed E-state index contributed by atoms with van der Waals surface area (Å²) in [5.41, 5.74) is 1.76. The Labute approximate surface area is 179 Å². The van der Waals surface area contributed by atoms with Crippen LogP contribution in [0, 0.1) is 0 Å². The van der Waals surface area contributed by atoms with Crippen LogP contribution in [0.25, 0.3) is 10.2 Å². The van der Waals surface area contributed by atoms with Gasteiger partial charge in [0.25, 0.3) is 0 Å². The fourth-order valence-electron chi connectivity index (χ4n) is 3.33. The largest absolute Gasteiger partial charge is 0.497 e. The van der Waals surface area contributed by atoms with Crippen molar-refractivity contribution < 1.29 is 19.0 Å². The van der Waals surface area contributed by atoms with E-state index >= 15 is 0 Å². The molecule has 1 aromatic heterocycles. The molecule has 0 saturated carbocycles. The number of carbonyl (C=O) groups is 1. The second-order valence-corrected chi connectivity index (χ2v) is 8.41. The summed E-state index contributed by atoms with van der Waals surface area (Å²) in [6.07, 6.45) is 1.14. The quantitative estimate of drug-likeness (QED) is 0.548. The number of hydrogen-bond acceptors (Lipinski definition) is 7. The van der Waals surface area contributed by atoms with Crippen LogP contribution in [-0.2, 0) is 11.2 Å². The highest BCUT2D eigenvalue weighted by atomic mass is 32.1. The van der Waals surface area contributed by atoms with Crippen LogP contribution in [0.15, 0.2) is 36.4 Å². The number of amides is 1. The molecule has 7 nitrogen and oxygen atoms in total. The Hall–Kier alpha value is -2.84. The molecule has 2 heterocycles. The van der Waals surface area contributed by atoms with Crippen molar-refractivity contribution in [3.63, 3.8) is 0 Å². The van der Waals surface area contributed by atoms with E-state index in [9.17, 15) is 4.79 Å². The van der Waals surface area contributed by atoms with Gasteiger partial charge in [0.05, 0.1) is 23.7 Å². The van der Waals surface area contributed by atoms with E-state index in [-0.39, 0.29) is 19.1 Å². The summed E-state index contributed by atoms with van der Waals surface area (Å²) in [5, 5.41) is 0.711. The van der Waals surface area contributed by atoms with Gasteiger partial charge in [0.2, 0.25) is 12.7 Å². The predicted octanol–water partition coefficient (Wildman–Crippen LogP) is 3.56. The zero-order valence-electron chi connectivity index (χ0n) is 17.4. The van der Waals surface area contributed by atoms with E-state index in [1.54, 1.807) is 12.0 Å². The van der Waals surface area contributed by atoms with Crippen LogP contribution in [0.4, 0.5) is 5.13 Å². The first kappa shape index (κ1) is 20.4. The van der Waals surface area contributed by atoms with E-state index in [4.69, 9.17) is 19.2 Å². The lowest BCUT2D eigenvalue weighted by molar-refractivity contribution is -0.118. The molecule has 0 saturated heterocycles. The molecule has 0 bridgehead atoms. The lowest BCUT2D eigenvalue weighted by Crippen LogP contribution is -2.34. The number of methoxy groups -OCH3 is 1. The summed E-state index contributed by atoms with van der Waals surface area (Å²) in [5.74, 6) is 2.20. The molecule has 0 N–H and O–H groups in total. The molecular formula is C22H25N3O4S. The number of hydrogen-bond donors (Lipinski definition) is 0. The molecule has 4 rings (SSSR count). The van der Waals surface area contributed by atoms with Gasteiger partial charge in [-0.15, -0.1) is 0 Å². The van der Waals surface area contributed by atoms with E-state index in [0.29, 0.717) is 23.2 Å². The fraction of sp³-hybridized carbons (Fsp3) is 0.364. The van der Waals surface area contributed by atoms with Crippen LogP contribution < -0.4 is 19.1 Å². The van der Waals surface area contributed by atoms with E-state index in [0.717, 1.165) is 34.5 Å². The second kappa shape index (κ2) is 8.89. The summed E-state index contributed by atoms with van der Waals surface area (Å²) >= 11 is 1.51. The maximum absolute atomic E-state index is 13.3. The Morgan fingerprint density at radius 2 is 1.97 bits per heavy atom. The van der Waals surface area contributed by atoms with Crippen molar-refractivity contribution in [1.82, 2.24) is 9.88 Å². The number of carbonyl (C=O) groups excluding carboxylic acids is 1. The smallest absolute Gasteiger partial charge is 0.233 e. The highest BCUT2D eigenvalue weighted by Gasteiger charge is 2.21. The van der Waals surface area contributed by atoms with Crippen molar-refractivity contribution in [3.8, 4) is 17.2 Å². The number of rotatable bonds is 8. The molecular weight excluding hydrogens is 402 g/mol. The molecule has 158 valence electrons. The van der Waals surface area contributed by atoms with Crippen molar-refractivity contribution in [1.29, 1.82) is 0 Å². The van der Waals surface area contributed by atoms with Gasteiger partial charge in [-0.3, -0.25) is 9.69 Å². The lowest BCUT2D eigenvalue weighted by atomic mass is 10.1. The highest BCUT2D eigenvalue weighted by molar-refractivity contribution is 7.22. The van der Waals surface area contributed by atoms with Crippen LogP contribution >= 0.6 is 11.3 Å². The van der Waals surface area contributed by atoms with Crippen LogP contribution in [0.3, 0.4) is 0 Å². The molecule has 0 unspecified atom stereocenters. The molecule has 2 aromatic carbocycles. The number of aromatic nitrogens is 1. The second-order valence-electron chi connectivity index (χ2n) is 7.40. The van der Waals surface area contributed by atoms with Crippen LogP contribution in [0.5, 0.6) is 17.2 Å². The number of nitrogens with zero attached hydrogens (tertiary/aromatic N) is 3. The minimum absolute atomic E-state index is 0.0126. The van der Waals surface area contributed by atoms with Crippen molar-refractivity contribution in [2.24, 2.45) is 0 Å². The normalized spacial score (nSPS) is 12.5. The van der Waals surface area contributed by atoms with Gasteiger partial charge in [0.1, 0.15) is 5.75 Å². The Morgan fingerprint density at radius 3 is 2.77 bits per heavy atom. The average Bonchev–Trinajstić information content (AvgIpc) is 3.36. The zero-order chi connectivity index (χ0) is 21.1. The molecule has 0 spiro atoms. The first-order valence-corrected chi connectivity index (χ1v) is 10.6. The third kappa shape index (κ3) is 4.49. The molecule has 8 heteroatoms. The highest BCUT2D eigenvalue weighted by Crippen LogP contribution is 2.34. The third-order valence-corrected chi connectivity index (χ3v) is 5.94. The predicted molar refractivity (Wildman–Crippen MR) is 118 cm³/mol. The Kier molecular flexibility index (Phi) is 6.06. The SMILES string of the molecule is COc1ccc2nc(N(CCCN(C)C)C(=O)Cc3ccc4c(c3)OCO4)sc2c1. The van der Waals surface area contributed by atoms with E-state index in [1.807, 2.05) is 50.5 Å². The molecule has 0 fully saturated rings. The van der Waals surface area contributed by atoms with Gasteiger partial charge < -0.3 is 19.1 Å². The summed E-state index contributed by atoms with van der Waals surface area (Å²) in [4.78, 5) is 21.9. The molecule has 0 radical (unpaired) electrons. The van der Waals surface area contributed by atoms with Gasteiger partial charge in [-0.1, -0.05) is 17.4 Å². The Morgan fingerprint density at radius 1 is 1.13 bits per heavy atom. The van der Waals surface area contributed by atoms with Gasteiger partial charge >= 0.3 is 0 Å². The van der Waals surface area contributed by atoms with Gasteiger partial charge in [-0.2, -0.15) is 0 Å². The first-order valence-electron chi connectivity index (χ1n) is 9.81. The van der Waals surface area contributed by atoms with E-state index in [1.165, 1.54) is 11.3 Å². The average molecular weight is 428 g/mol. The Balaban J connectivity index is 1.57. The monoisotopic (exact) mass is 427 g/mol. The maximum atomic E-state index is 13.3. The van der Waals surface area contributed by atoms with Crippen LogP contribution in [0.1, 0.15) is 12.0 Å². The summed E-state index contributed by atoms with van der Waals surface area (Å²) in [6.45, 7) is 1.73. The Bertz CT molecular complexity index is 1050. The van der Waals surface area contributed by atoms with Crippen molar-refractivity contribution in [2.45, 2.75) is 12.8 Å². The van der Waals surface area contributed by atoms with Crippen molar-refractivity contribution in [2.75, 3.05) is 46.0 Å². The van der Waals surface area contributed by atoms with Gasteiger partial charge in [-0.05, 0) is 63.0 Å². The van der Waals surface area contributed by atoms with E-state index < -0.39 is 0 Å². The lowest BCUT2D eigenvalue weighted by Gasteiger charge is -2.21. The van der Waals surface area contributed by atoms with Gasteiger partial charge in [0.15, 0.2) is 16.6 Å². The van der Waals surface area contributed by atoms with Gasteiger partial charge in [-0.25, -0.2) is 4.98 Å². The fourth-order valence-corrected chi connectivity index (χ4v) is 4.37. The molecule has 1 aliphatic heterocycles. The minimum Gasteiger partial charge on any atom is -0.497 e. The molecule has 3 aromatic rings. The summed E-state index contributed by atoms with van der Waals surface area (Å²) in [6, 6.07) is 11.4. The standard InChI is InChI=1S/C22H25N3O4S/c1-24(2)9-4-10-25(22-23-17-7-6-16(27-3)13-20(17)30-22)21(26)12-15-5-8-18-19(11-15)29-14-28-18/h5-8,11,13H,4,9-10,12,14H2,1-3H3. The molecule has 1 aliphatic rings. The maximum Gasteiger partial charge on any atom is 0.233 e.